The minimum absolute atomic E-state index is 0.0455. The van der Waals surface area contributed by atoms with Crippen LogP contribution in [-0.2, 0) is 26.7 Å². The Labute approximate surface area is 231 Å². The monoisotopic (exact) mass is 605 g/mol. The first-order valence-corrected chi connectivity index (χ1v) is 14.5. The van der Waals surface area contributed by atoms with Crippen molar-refractivity contribution in [3.05, 3.63) is 41.5 Å². The Bertz CT molecular complexity index is 1480. The second kappa shape index (κ2) is 10.7. The molecule has 0 aliphatic carbocycles. The van der Waals surface area contributed by atoms with E-state index in [9.17, 15) is 40.4 Å². The van der Waals surface area contributed by atoms with Crippen molar-refractivity contribution >= 4 is 45.2 Å². The molecule has 3 amide bonds. The van der Waals surface area contributed by atoms with Gasteiger partial charge in [-0.1, -0.05) is 6.92 Å². The molecular weight excluding hydrogens is 578 g/mol. The molecule has 2 aromatic rings. The molecule has 4 atom stereocenters. The SMILES string of the molecule is Cc1cc(NC(=O)c2c3c(cn2C)S(=O)(=O)N[C@H]2CN(C(=O)C(=O)N[C@@H](C)C(F)(F)F)C[C@H]2[C@@H](C)S3)ccc1F. The minimum atomic E-state index is -4.74. The molecule has 10 nitrogen and oxygen atoms in total. The van der Waals surface area contributed by atoms with Crippen molar-refractivity contribution in [2.24, 2.45) is 13.0 Å². The first-order chi connectivity index (χ1) is 18.5. The number of carbonyl (C=O) groups is 3. The minimum Gasteiger partial charge on any atom is -0.344 e. The van der Waals surface area contributed by atoms with Gasteiger partial charge >= 0.3 is 18.0 Å². The van der Waals surface area contributed by atoms with Crippen molar-refractivity contribution in [3.63, 3.8) is 0 Å². The number of halogens is 4. The molecule has 0 saturated carbocycles. The molecule has 4 rings (SSSR count). The third-order valence-corrected chi connectivity index (χ3v) is 9.92. The van der Waals surface area contributed by atoms with E-state index in [1.54, 1.807) is 12.2 Å². The Balaban J connectivity index is 1.58. The number of nitrogens with one attached hydrogen (secondary N) is 3. The average molecular weight is 606 g/mol. The number of aryl methyl sites for hydroxylation is 2. The van der Waals surface area contributed by atoms with Gasteiger partial charge in [0.15, 0.2) is 0 Å². The molecule has 0 bridgehead atoms. The number of hydrogen-bond donors (Lipinski definition) is 3. The van der Waals surface area contributed by atoms with E-state index in [0.29, 0.717) is 18.2 Å². The summed E-state index contributed by atoms with van der Waals surface area (Å²) < 4.78 is 82.8. The van der Waals surface area contributed by atoms with Gasteiger partial charge in [0.2, 0.25) is 10.0 Å². The fraction of sp³-hybridized carbons (Fsp3) is 0.458. The number of anilines is 1. The van der Waals surface area contributed by atoms with Crippen LogP contribution in [0.4, 0.5) is 23.2 Å². The smallest absolute Gasteiger partial charge is 0.344 e. The van der Waals surface area contributed by atoms with Crippen molar-refractivity contribution in [1.29, 1.82) is 0 Å². The van der Waals surface area contributed by atoms with Gasteiger partial charge in [-0.05, 0) is 37.6 Å². The van der Waals surface area contributed by atoms with Gasteiger partial charge in [-0.3, -0.25) is 14.4 Å². The Hall–Kier alpha value is -3.11. The average Bonchev–Trinajstić information content (AvgIpc) is 3.40. The quantitative estimate of drug-likeness (QED) is 0.364. The number of amides is 3. The van der Waals surface area contributed by atoms with Gasteiger partial charge in [-0.25, -0.2) is 17.5 Å². The zero-order chi connectivity index (χ0) is 29.7. The summed E-state index contributed by atoms with van der Waals surface area (Å²) in [6.45, 7) is 3.70. The van der Waals surface area contributed by atoms with Gasteiger partial charge in [0, 0.05) is 49.2 Å². The number of sulfonamides is 1. The molecule has 3 N–H and O–H groups in total. The zero-order valence-electron chi connectivity index (χ0n) is 21.8. The molecule has 1 saturated heterocycles. The van der Waals surface area contributed by atoms with Crippen LogP contribution in [-0.4, -0.2) is 72.2 Å². The maximum Gasteiger partial charge on any atom is 0.408 e. The number of nitrogens with zero attached hydrogens (tertiary/aromatic N) is 2. The van der Waals surface area contributed by atoms with E-state index in [-0.39, 0.29) is 33.8 Å². The summed E-state index contributed by atoms with van der Waals surface area (Å²) >= 11 is 1.10. The predicted molar refractivity (Wildman–Crippen MR) is 138 cm³/mol. The molecule has 0 unspecified atom stereocenters. The van der Waals surface area contributed by atoms with Gasteiger partial charge in [0.1, 0.15) is 22.4 Å². The molecule has 1 fully saturated rings. The summed E-state index contributed by atoms with van der Waals surface area (Å²) in [6, 6.07) is 0.947. The van der Waals surface area contributed by atoms with Crippen molar-refractivity contribution < 1.29 is 40.4 Å². The third-order valence-electron chi connectivity index (χ3n) is 6.92. The van der Waals surface area contributed by atoms with E-state index < -0.39 is 57.7 Å². The lowest BCUT2D eigenvalue weighted by Crippen LogP contribution is -2.50. The highest BCUT2D eigenvalue weighted by Gasteiger charge is 2.46. The van der Waals surface area contributed by atoms with Gasteiger partial charge in [-0.15, -0.1) is 11.8 Å². The van der Waals surface area contributed by atoms with E-state index in [1.807, 2.05) is 0 Å². The normalized spacial score (nSPS) is 22.9. The summed E-state index contributed by atoms with van der Waals surface area (Å²) in [6.07, 6.45) is -3.45. The van der Waals surface area contributed by atoms with Crippen LogP contribution in [0.2, 0.25) is 0 Å². The summed E-state index contributed by atoms with van der Waals surface area (Å²) in [7, 11) is -2.70. The van der Waals surface area contributed by atoms with E-state index in [4.69, 9.17) is 0 Å². The Morgan fingerprint density at radius 3 is 2.50 bits per heavy atom. The van der Waals surface area contributed by atoms with Crippen LogP contribution in [0.15, 0.2) is 34.2 Å². The molecule has 1 aromatic carbocycles. The molecule has 16 heteroatoms. The largest absolute Gasteiger partial charge is 0.408 e. The van der Waals surface area contributed by atoms with Gasteiger partial charge < -0.3 is 20.1 Å². The summed E-state index contributed by atoms with van der Waals surface area (Å²) in [5, 5.41) is 3.90. The van der Waals surface area contributed by atoms with E-state index in [0.717, 1.165) is 16.7 Å². The van der Waals surface area contributed by atoms with Crippen LogP contribution in [0.3, 0.4) is 0 Å². The van der Waals surface area contributed by atoms with E-state index in [2.05, 4.69) is 10.0 Å². The molecule has 0 radical (unpaired) electrons. The number of carbonyl (C=O) groups excluding carboxylic acids is 3. The maximum atomic E-state index is 13.7. The Kier molecular flexibility index (Phi) is 7.99. The first-order valence-electron chi connectivity index (χ1n) is 12.1. The second-order valence-corrected chi connectivity index (χ2v) is 12.9. The lowest BCUT2D eigenvalue weighted by atomic mass is 10.0. The highest BCUT2D eigenvalue weighted by Crippen LogP contribution is 2.42. The molecule has 0 spiro atoms. The summed E-state index contributed by atoms with van der Waals surface area (Å²) in [5.41, 5.74) is 0.665. The van der Waals surface area contributed by atoms with Crippen molar-refractivity contribution in [3.8, 4) is 0 Å². The van der Waals surface area contributed by atoms with Crippen LogP contribution >= 0.6 is 11.8 Å². The van der Waals surface area contributed by atoms with Crippen molar-refractivity contribution in [2.45, 2.75) is 54.1 Å². The van der Waals surface area contributed by atoms with Gasteiger partial charge in [-0.2, -0.15) is 13.2 Å². The highest BCUT2D eigenvalue weighted by atomic mass is 32.2. The molecule has 218 valence electrons. The third kappa shape index (κ3) is 5.83. The lowest BCUT2D eigenvalue weighted by molar-refractivity contribution is -0.162. The first kappa shape index (κ1) is 29.9. The fourth-order valence-electron chi connectivity index (χ4n) is 4.67. The highest BCUT2D eigenvalue weighted by molar-refractivity contribution is 8.00. The van der Waals surface area contributed by atoms with E-state index in [1.165, 1.54) is 42.9 Å². The summed E-state index contributed by atoms with van der Waals surface area (Å²) in [4.78, 5) is 39.1. The number of rotatable bonds is 3. The molecular formula is C24H27F4N5O5S2. The standard InChI is InChI=1S/C24H27F4N5O5S2/c1-11-7-14(5-6-16(11)25)30-21(34)19-20-18(10-32(19)4)40(37,38)31-17-9-33(8-15(17)12(2)39-20)23(36)22(35)29-13(3)24(26,27)28/h5-7,10,12-13,15,17,31H,8-9H2,1-4H3,(H,29,35)(H,30,34)/t12-,13+,15+,17+/m1/s1. The molecule has 1 aromatic heterocycles. The summed E-state index contributed by atoms with van der Waals surface area (Å²) in [5.74, 6) is -4.25. The zero-order valence-corrected chi connectivity index (χ0v) is 23.4. The number of fused-ring (bicyclic) bond motifs is 2. The van der Waals surface area contributed by atoms with Crippen molar-refractivity contribution in [1.82, 2.24) is 19.5 Å². The maximum absolute atomic E-state index is 13.7. The number of aromatic nitrogens is 1. The number of hydrogen-bond acceptors (Lipinski definition) is 6. The lowest BCUT2D eigenvalue weighted by Gasteiger charge is -2.28. The van der Waals surface area contributed by atoms with Gasteiger partial charge in [0.25, 0.3) is 5.91 Å². The van der Waals surface area contributed by atoms with Gasteiger partial charge in [0.05, 0.1) is 4.90 Å². The number of likely N-dealkylation sites (tertiary alicyclic amines) is 1. The molecule has 40 heavy (non-hydrogen) atoms. The number of alkyl halides is 3. The Morgan fingerprint density at radius 1 is 1.20 bits per heavy atom. The molecule has 2 aliphatic heterocycles. The topological polar surface area (TPSA) is 130 Å². The van der Waals surface area contributed by atoms with E-state index >= 15 is 0 Å². The van der Waals surface area contributed by atoms with Crippen LogP contribution in [0.5, 0.6) is 0 Å². The van der Waals surface area contributed by atoms with Crippen LogP contribution in [0.25, 0.3) is 0 Å². The van der Waals surface area contributed by atoms with Crippen molar-refractivity contribution in [2.75, 3.05) is 18.4 Å². The van der Waals surface area contributed by atoms with Crippen LogP contribution in [0.1, 0.15) is 29.9 Å². The number of benzene rings is 1. The van der Waals surface area contributed by atoms with Crippen LogP contribution in [0, 0.1) is 18.7 Å². The second-order valence-electron chi connectivity index (χ2n) is 9.86. The predicted octanol–water partition coefficient (Wildman–Crippen LogP) is 2.39. The molecule has 3 heterocycles. The Morgan fingerprint density at radius 2 is 1.88 bits per heavy atom. The molecule has 2 aliphatic rings. The fourth-order valence-corrected chi connectivity index (χ4v) is 7.90. The van der Waals surface area contributed by atoms with Crippen LogP contribution < -0.4 is 15.4 Å². The number of thioether (sulfide) groups is 1.